The molecule has 1 aromatic rings. The van der Waals surface area contributed by atoms with Crippen LogP contribution in [0.3, 0.4) is 0 Å². The number of rotatable bonds is 4. The van der Waals surface area contributed by atoms with Gasteiger partial charge in [-0.3, -0.25) is 0 Å². The maximum Gasteiger partial charge on any atom is 0.129 e. The Balaban J connectivity index is 1.84. The first-order chi connectivity index (χ1) is 7.66. The molecule has 88 valence electrons. The van der Waals surface area contributed by atoms with Crippen molar-refractivity contribution in [1.82, 2.24) is 5.32 Å². The summed E-state index contributed by atoms with van der Waals surface area (Å²) in [6, 6.07) is 6.88. The van der Waals surface area contributed by atoms with Gasteiger partial charge in [0.15, 0.2) is 0 Å². The number of aliphatic hydroxyl groups is 1. The zero-order valence-electron chi connectivity index (χ0n) is 9.49. The molecule has 2 rings (SSSR count). The van der Waals surface area contributed by atoms with Crippen molar-refractivity contribution < 1.29 is 9.50 Å². The molecule has 0 bridgehead atoms. The number of nitrogens with one attached hydrogen (secondary N) is 1. The molecule has 16 heavy (non-hydrogen) atoms. The van der Waals surface area contributed by atoms with Crippen LogP contribution in [0.15, 0.2) is 24.3 Å². The lowest BCUT2D eigenvalue weighted by molar-refractivity contribution is 0.146. The van der Waals surface area contributed by atoms with E-state index < -0.39 is 6.10 Å². The van der Waals surface area contributed by atoms with Crippen molar-refractivity contribution in [3.05, 3.63) is 35.6 Å². The van der Waals surface area contributed by atoms with E-state index >= 15 is 0 Å². The first kappa shape index (κ1) is 11.6. The van der Waals surface area contributed by atoms with Crippen LogP contribution in [0.4, 0.5) is 4.39 Å². The van der Waals surface area contributed by atoms with Gasteiger partial charge in [-0.25, -0.2) is 4.39 Å². The summed E-state index contributed by atoms with van der Waals surface area (Å²) in [5.41, 5.74) is 0.377. The molecule has 1 unspecified atom stereocenters. The predicted molar refractivity (Wildman–Crippen MR) is 61.5 cm³/mol. The van der Waals surface area contributed by atoms with Crippen LogP contribution in [0.5, 0.6) is 0 Å². The minimum atomic E-state index is -0.753. The quantitative estimate of drug-likeness (QED) is 0.820. The second kappa shape index (κ2) is 4.93. The molecule has 3 heteroatoms. The fourth-order valence-electron chi connectivity index (χ4n) is 2.20. The number of aliphatic hydroxyl groups excluding tert-OH is 1. The summed E-state index contributed by atoms with van der Waals surface area (Å²) in [5.74, 6) is 0.446. The average molecular weight is 223 g/mol. The minimum Gasteiger partial charge on any atom is -0.387 e. The lowest BCUT2D eigenvalue weighted by atomic mass is 9.82. The van der Waals surface area contributed by atoms with Crippen LogP contribution in [0, 0.1) is 11.7 Å². The normalized spacial score (nSPS) is 26.2. The predicted octanol–water partition coefficient (Wildman–Crippen LogP) is 2.25. The van der Waals surface area contributed by atoms with E-state index in [2.05, 4.69) is 12.2 Å². The Kier molecular flexibility index (Phi) is 3.56. The molecule has 1 aliphatic rings. The van der Waals surface area contributed by atoms with E-state index in [1.807, 2.05) is 0 Å². The standard InChI is InChI=1S/C13H18FNO/c1-9-6-10(7-9)15-8-13(16)11-4-2-3-5-12(11)14/h2-5,9-10,13,15-16H,6-8H2,1H3. The molecule has 0 aromatic heterocycles. The summed E-state index contributed by atoms with van der Waals surface area (Å²) in [7, 11) is 0. The van der Waals surface area contributed by atoms with Crippen LogP contribution in [-0.4, -0.2) is 17.7 Å². The topological polar surface area (TPSA) is 32.3 Å². The molecule has 0 aliphatic heterocycles. The van der Waals surface area contributed by atoms with E-state index in [9.17, 15) is 9.50 Å². The summed E-state index contributed by atoms with van der Waals surface area (Å²) in [6.07, 6.45) is 1.56. The van der Waals surface area contributed by atoms with Gasteiger partial charge < -0.3 is 10.4 Å². The molecule has 0 amide bonds. The van der Waals surface area contributed by atoms with Crippen LogP contribution in [-0.2, 0) is 0 Å². The van der Waals surface area contributed by atoms with Gasteiger partial charge in [0, 0.05) is 18.2 Å². The summed E-state index contributed by atoms with van der Waals surface area (Å²) >= 11 is 0. The van der Waals surface area contributed by atoms with Crippen LogP contribution in [0.25, 0.3) is 0 Å². The second-order valence-electron chi connectivity index (χ2n) is 4.72. The van der Waals surface area contributed by atoms with Gasteiger partial charge in [-0.2, -0.15) is 0 Å². The Labute approximate surface area is 95.5 Å². The van der Waals surface area contributed by atoms with Crippen molar-refractivity contribution in [2.75, 3.05) is 6.54 Å². The van der Waals surface area contributed by atoms with Crippen LogP contribution >= 0.6 is 0 Å². The fraction of sp³-hybridized carbons (Fsp3) is 0.538. The first-order valence-corrected chi connectivity index (χ1v) is 5.82. The monoisotopic (exact) mass is 223 g/mol. The molecular formula is C13H18FNO. The molecule has 2 nitrogen and oxygen atoms in total. The van der Waals surface area contributed by atoms with Crippen LogP contribution in [0.2, 0.25) is 0 Å². The largest absolute Gasteiger partial charge is 0.387 e. The van der Waals surface area contributed by atoms with Crippen molar-refractivity contribution in [1.29, 1.82) is 0 Å². The number of halogens is 1. The molecule has 1 saturated carbocycles. The highest BCUT2D eigenvalue weighted by atomic mass is 19.1. The van der Waals surface area contributed by atoms with Gasteiger partial charge in [0.05, 0.1) is 6.10 Å². The molecule has 1 aliphatic carbocycles. The highest BCUT2D eigenvalue weighted by molar-refractivity contribution is 5.20. The van der Waals surface area contributed by atoms with E-state index in [-0.39, 0.29) is 5.82 Å². The van der Waals surface area contributed by atoms with E-state index in [1.54, 1.807) is 18.2 Å². The van der Waals surface area contributed by atoms with Crippen molar-refractivity contribution >= 4 is 0 Å². The molecule has 1 fully saturated rings. The van der Waals surface area contributed by atoms with E-state index in [4.69, 9.17) is 0 Å². The van der Waals surface area contributed by atoms with Gasteiger partial charge >= 0.3 is 0 Å². The number of benzene rings is 1. The van der Waals surface area contributed by atoms with Crippen molar-refractivity contribution in [2.24, 2.45) is 5.92 Å². The molecule has 0 radical (unpaired) electrons. The Bertz CT molecular complexity index is 350. The van der Waals surface area contributed by atoms with Gasteiger partial charge in [0.25, 0.3) is 0 Å². The zero-order valence-corrected chi connectivity index (χ0v) is 9.49. The highest BCUT2D eigenvalue weighted by Crippen LogP contribution is 2.26. The van der Waals surface area contributed by atoms with Gasteiger partial charge in [-0.15, -0.1) is 0 Å². The lowest BCUT2D eigenvalue weighted by Gasteiger charge is -2.34. The minimum absolute atomic E-state index is 0.334. The number of hydrogen-bond acceptors (Lipinski definition) is 2. The van der Waals surface area contributed by atoms with Gasteiger partial charge in [0.2, 0.25) is 0 Å². The Morgan fingerprint density at radius 3 is 2.75 bits per heavy atom. The molecule has 2 N–H and O–H groups in total. The summed E-state index contributed by atoms with van der Waals surface area (Å²) in [5, 5.41) is 13.1. The Hall–Kier alpha value is -0.930. The number of hydrogen-bond donors (Lipinski definition) is 2. The summed E-state index contributed by atoms with van der Waals surface area (Å²) in [6.45, 7) is 2.64. The SMILES string of the molecule is CC1CC(NCC(O)c2ccccc2F)C1. The Morgan fingerprint density at radius 1 is 1.44 bits per heavy atom. The second-order valence-corrected chi connectivity index (χ2v) is 4.72. The zero-order chi connectivity index (χ0) is 11.5. The van der Waals surface area contributed by atoms with Crippen molar-refractivity contribution in [2.45, 2.75) is 31.9 Å². The van der Waals surface area contributed by atoms with Gasteiger partial charge in [-0.05, 0) is 24.8 Å². The fourth-order valence-corrected chi connectivity index (χ4v) is 2.20. The molecular weight excluding hydrogens is 205 g/mol. The third-order valence-electron chi connectivity index (χ3n) is 3.24. The summed E-state index contributed by atoms with van der Waals surface area (Å²) < 4.78 is 13.3. The van der Waals surface area contributed by atoms with Crippen molar-refractivity contribution in [3.63, 3.8) is 0 Å². The third kappa shape index (κ3) is 2.60. The third-order valence-corrected chi connectivity index (χ3v) is 3.24. The van der Waals surface area contributed by atoms with Gasteiger partial charge in [-0.1, -0.05) is 25.1 Å². The van der Waals surface area contributed by atoms with Crippen molar-refractivity contribution in [3.8, 4) is 0 Å². The van der Waals surface area contributed by atoms with E-state index in [1.165, 1.54) is 6.07 Å². The maximum atomic E-state index is 13.3. The van der Waals surface area contributed by atoms with Crippen LogP contribution in [0.1, 0.15) is 31.4 Å². The lowest BCUT2D eigenvalue weighted by Crippen LogP contribution is -2.41. The molecule has 0 saturated heterocycles. The Morgan fingerprint density at radius 2 is 2.12 bits per heavy atom. The van der Waals surface area contributed by atoms with Gasteiger partial charge in [0.1, 0.15) is 5.82 Å². The molecule has 0 heterocycles. The smallest absolute Gasteiger partial charge is 0.129 e. The first-order valence-electron chi connectivity index (χ1n) is 5.82. The summed E-state index contributed by atoms with van der Waals surface area (Å²) in [4.78, 5) is 0. The average Bonchev–Trinajstić information content (AvgIpc) is 2.23. The molecule has 1 atom stereocenters. The maximum absolute atomic E-state index is 13.3. The highest BCUT2D eigenvalue weighted by Gasteiger charge is 2.25. The molecule has 0 spiro atoms. The van der Waals surface area contributed by atoms with E-state index in [0.717, 1.165) is 18.8 Å². The molecule has 1 aromatic carbocycles. The van der Waals surface area contributed by atoms with Crippen LogP contribution < -0.4 is 5.32 Å². The van der Waals surface area contributed by atoms with E-state index in [0.29, 0.717) is 18.2 Å².